The Morgan fingerprint density at radius 3 is 2.55 bits per heavy atom. The summed E-state index contributed by atoms with van der Waals surface area (Å²) in [6.45, 7) is 3.78. The Morgan fingerprint density at radius 1 is 1.14 bits per heavy atom. The molecule has 4 nitrogen and oxygen atoms in total. The second kappa shape index (κ2) is 5.93. The third-order valence-corrected chi connectivity index (χ3v) is 3.83. The molecule has 1 heterocycles. The van der Waals surface area contributed by atoms with E-state index >= 15 is 0 Å². The van der Waals surface area contributed by atoms with E-state index < -0.39 is 5.97 Å². The fourth-order valence-corrected chi connectivity index (χ4v) is 2.65. The van der Waals surface area contributed by atoms with Crippen molar-refractivity contribution in [2.45, 2.75) is 20.0 Å². The Labute approximate surface area is 129 Å². The minimum absolute atomic E-state index is 0.299. The molecule has 0 amide bonds. The lowest BCUT2D eigenvalue weighted by Gasteiger charge is -2.06. The van der Waals surface area contributed by atoms with Gasteiger partial charge in [0.1, 0.15) is 0 Å². The van der Waals surface area contributed by atoms with Crippen molar-refractivity contribution >= 4 is 22.6 Å². The summed E-state index contributed by atoms with van der Waals surface area (Å²) in [7, 11) is 0. The number of nitrogens with one attached hydrogen (secondary N) is 1. The molecule has 0 saturated heterocycles. The summed E-state index contributed by atoms with van der Waals surface area (Å²) in [6, 6.07) is 15.2. The van der Waals surface area contributed by atoms with Crippen LogP contribution in [0.5, 0.6) is 0 Å². The van der Waals surface area contributed by atoms with Crippen LogP contribution in [0.3, 0.4) is 0 Å². The molecule has 0 bridgehead atoms. The molecular formula is C18H18N2O2. The number of aryl methyl sites for hydroxylation is 1. The fraction of sp³-hybridized carbons (Fsp3) is 0.167. The average Bonchev–Trinajstić information content (AvgIpc) is 2.91. The van der Waals surface area contributed by atoms with Crippen LogP contribution < -0.4 is 5.32 Å². The van der Waals surface area contributed by atoms with E-state index in [1.165, 1.54) is 16.5 Å². The number of aromatic nitrogens is 1. The van der Waals surface area contributed by atoms with Gasteiger partial charge in [-0.1, -0.05) is 18.2 Å². The molecule has 2 N–H and O–H groups in total. The molecule has 0 radical (unpaired) electrons. The van der Waals surface area contributed by atoms with Crippen molar-refractivity contribution in [3.63, 3.8) is 0 Å². The van der Waals surface area contributed by atoms with E-state index in [9.17, 15) is 4.79 Å². The number of hydrogen-bond donors (Lipinski definition) is 2. The van der Waals surface area contributed by atoms with Crippen LogP contribution >= 0.6 is 0 Å². The number of aromatic carboxylic acids is 1. The summed E-state index contributed by atoms with van der Waals surface area (Å²) in [5.74, 6) is -0.905. The Kier molecular flexibility index (Phi) is 3.83. The van der Waals surface area contributed by atoms with Gasteiger partial charge in [0, 0.05) is 35.9 Å². The molecule has 0 fully saturated rings. The van der Waals surface area contributed by atoms with Gasteiger partial charge >= 0.3 is 5.97 Å². The van der Waals surface area contributed by atoms with Crippen molar-refractivity contribution < 1.29 is 9.90 Å². The van der Waals surface area contributed by atoms with Crippen LogP contribution in [0.15, 0.2) is 54.7 Å². The molecule has 2 aromatic carbocycles. The zero-order valence-electron chi connectivity index (χ0n) is 12.4. The second-order valence-electron chi connectivity index (χ2n) is 5.19. The van der Waals surface area contributed by atoms with E-state index in [1.807, 2.05) is 6.07 Å². The average molecular weight is 294 g/mol. The maximum Gasteiger partial charge on any atom is 0.335 e. The Bertz CT molecular complexity index is 804. The van der Waals surface area contributed by atoms with Gasteiger partial charge in [0.2, 0.25) is 0 Å². The molecule has 3 aromatic rings. The van der Waals surface area contributed by atoms with E-state index in [4.69, 9.17) is 5.11 Å². The molecule has 3 rings (SSSR count). The topological polar surface area (TPSA) is 54.3 Å². The predicted molar refractivity (Wildman–Crippen MR) is 88.3 cm³/mol. The molecule has 0 aliphatic carbocycles. The van der Waals surface area contributed by atoms with Crippen molar-refractivity contribution in [1.82, 2.24) is 4.57 Å². The van der Waals surface area contributed by atoms with Crippen molar-refractivity contribution in [3.05, 3.63) is 65.9 Å². The summed E-state index contributed by atoms with van der Waals surface area (Å²) < 4.78 is 2.24. The first-order valence-corrected chi connectivity index (χ1v) is 7.33. The first kappa shape index (κ1) is 14.2. The molecule has 0 unspecified atom stereocenters. The van der Waals surface area contributed by atoms with Crippen molar-refractivity contribution in [3.8, 4) is 0 Å². The quantitative estimate of drug-likeness (QED) is 0.748. The lowest BCUT2D eigenvalue weighted by molar-refractivity contribution is 0.0697. The van der Waals surface area contributed by atoms with E-state index in [2.05, 4.69) is 41.2 Å². The van der Waals surface area contributed by atoms with Crippen molar-refractivity contribution in [2.75, 3.05) is 5.32 Å². The first-order chi connectivity index (χ1) is 10.7. The van der Waals surface area contributed by atoms with Crippen LogP contribution in [0, 0.1) is 0 Å². The van der Waals surface area contributed by atoms with Crippen LogP contribution in [0.25, 0.3) is 10.9 Å². The van der Waals surface area contributed by atoms with E-state index in [-0.39, 0.29) is 0 Å². The van der Waals surface area contributed by atoms with Gasteiger partial charge in [0.05, 0.1) is 5.56 Å². The van der Waals surface area contributed by atoms with E-state index in [0.717, 1.165) is 12.2 Å². The number of nitrogens with zero attached hydrogens (tertiary/aromatic N) is 1. The maximum atomic E-state index is 10.9. The molecule has 4 heteroatoms. The number of carboxylic acid groups (broad SMARTS) is 1. The molecule has 0 aliphatic rings. The number of carboxylic acids is 1. The second-order valence-corrected chi connectivity index (χ2v) is 5.19. The van der Waals surface area contributed by atoms with Crippen LogP contribution in [0.4, 0.5) is 5.69 Å². The van der Waals surface area contributed by atoms with Gasteiger partial charge in [-0.3, -0.25) is 0 Å². The molecule has 0 aliphatic heterocycles. The Hall–Kier alpha value is -2.75. The van der Waals surface area contributed by atoms with E-state index in [1.54, 1.807) is 24.3 Å². The van der Waals surface area contributed by atoms with Gasteiger partial charge in [-0.2, -0.15) is 0 Å². The van der Waals surface area contributed by atoms with Gasteiger partial charge in [0.25, 0.3) is 0 Å². The number of anilines is 1. The van der Waals surface area contributed by atoms with Crippen molar-refractivity contribution in [1.29, 1.82) is 0 Å². The summed E-state index contributed by atoms with van der Waals surface area (Å²) in [5.41, 5.74) is 3.69. The maximum absolute atomic E-state index is 10.9. The van der Waals surface area contributed by atoms with Gasteiger partial charge in [0.15, 0.2) is 0 Å². The monoisotopic (exact) mass is 294 g/mol. The molecule has 22 heavy (non-hydrogen) atoms. The standard InChI is InChI=1S/C18H18N2O2/c1-2-20-12-14(16-5-3-4-6-17(16)20)11-19-15-9-7-13(8-10-15)18(21)22/h3-10,12,19H,2,11H2,1H3,(H,21,22). The summed E-state index contributed by atoms with van der Waals surface area (Å²) in [6.07, 6.45) is 2.17. The lowest BCUT2D eigenvalue weighted by atomic mass is 10.1. The van der Waals surface area contributed by atoms with Gasteiger partial charge < -0.3 is 15.0 Å². The Balaban J connectivity index is 1.80. The SMILES string of the molecule is CCn1cc(CNc2ccc(C(=O)O)cc2)c2ccccc21. The molecule has 0 spiro atoms. The van der Waals surface area contributed by atoms with Crippen molar-refractivity contribution in [2.24, 2.45) is 0 Å². The molecule has 0 saturated carbocycles. The summed E-state index contributed by atoms with van der Waals surface area (Å²) in [4.78, 5) is 10.9. The minimum atomic E-state index is -0.905. The third kappa shape index (κ3) is 2.68. The molecule has 0 atom stereocenters. The normalized spacial score (nSPS) is 10.8. The predicted octanol–water partition coefficient (Wildman–Crippen LogP) is 3.97. The highest BCUT2D eigenvalue weighted by Gasteiger charge is 2.07. The highest BCUT2D eigenvalue weighted by Crippen LogP contribution is 2.22. The Morgan fingerprint density at radius 2 is 1.86 bits per heavy atom. The lowest BCUT2D eigenvalue weighted by Crippen LogP contribution is -2.00. The van der Waals surface area contributed by atoms with Crippen LogP contribution in [0.1, 0.15) is 22.8 Å². The van der Waals surface area contributed by atoms with Gasteiger partial charge in [-0.05, 0) is 42.8 Å². The van der Waals surface area contributed by atoms with Crippen LogP contribution in [-0.4, -0.2) is 15.6 Å². The third-order valence-electron chi connectivity index (χ3n) is 3.83. The minimum Gasteiger partial charge on any atom is -0.478 e. The number of carbonyl (C=O) groups is 1. The molecule has 112 valence electrons. The number of hydrogen-bond acceptors (Lipinski definition) is 2. The van der Waals surface area contributed by atoms with Crippen LogP contribution in [-0.2, 0) is 13.1 Å². The van der Waals surface area contributed by atoms with Gasteiger partial charge in [-0.25, -0.2) is 4.79 Å². The zero-order valence-corrected chi connectivity index (χ0v) is 12.4. The van der Waals surface area contributed by atoms with Gasteiger partial charge in [-0.15, -0.1) is 0 Å². The van der Waals surface area contributed by atoms with Crippen LogP contribution in [0.2, 0.25) is 0 Å². The highest BCUT2D eigenvalue weighted by molar-refractivity contribution is 5.88. The number of rotatable bonds is 5. The highest BCUT2D eigenvalue weighted by atomic mass is 16.4. The zero-order chi connectivity index (χ0) is 15.5. The summed E-state index contributed by atoms with van der Waals surface area (Å²) >= 11 is 0. The smallest absolute Gasteiger partial charge is 0.335 e. The first-order valence-electron chi connectivity index (χ1n) is 7.33. The fourth-order valence-electron chi connectivity index (χ4n) is 2.65. The number of fused-ring (bicyclic) bond motifs is 1. The van der Waals surface area contributed by atoms with E-state index in [0.29, 0.717) is 12.1 Å². The number of benzene rings is 2. The largest absolute Gasteiger partial charge is 0.478 e. The molecular weight excluding hydrogens is 276 g/mol. The number of para-hydroxylation sites is 1. The molecule has 1 aromatic heterocycles. The summed E-state index contributed by atoms with van der Waals surface area (Å²) in [5, 5.41) is 13.5.